The minimum absolute atomic E-state index is 0.338. The second kappa shape index (κ2) is 7.25. The van der Waals surface area contributed by atoms with Crippen LogP contribution in [0.1, 0.15) is 24.6 Å². The van der Waals surface area contributed by atoms with Crippen molar-refractivity contribution in [2.75, 3.05) is 25.5 Å². The van der Waals surface area contributed by atoms with Crippen LogP contribution in [0.15, 0.2) is 42.9 Å². The smallest absolute Gasteiger partial charge is 0.247 e. The van der Waals surface area contributed by atoms with Gasteiger partial charge in [-0.15, -0.1) is 0 Å². The molecular weight excluding hydrogens is 328 g/mol. The van der Waals surface area contributed by atoms with Crippen LogP contribution in [0.5, 0.6) is 0 Å². The van der Waals surface area contributed by atoms with E-state index in [1.807, 2.05) is 42.9 Å². The number of aryl methyl sites for hydroxylation is 1. The lowest BCUT2D eigenvalue weighted by atomic mass is 9.87. The Labute approximate surface area is 152 Å². The van der Waals surface area contributed by atoms with E-state index in [0.717, 1.165) is 18.8 Å². The summed E-state index contributed by atoms with van der Waals surface area (Å²) in [4.78, 5) is 6.73. The Morgan fingerprint density at radius 1 is 1.19 bits per heavy atom. The number of aromatic nitrogens is 6. The summed E-state index contributed by atoms with van der Waals surface area (Å²) >= 11 is 0. The number of hydrogen-bond donors (Lipinski definition) is 1. The highest BCUT2D eigenvalue weighted by molar-refractivity contribution is 5.38. The molecule has 3 heterocycles. The molecule has 0 aliphatic carbocycles. The molecule has 2 atom stereocenters. The van der Waals surface area contributed by atoms with E-state index in [9.17, 15) is 0 Å². The summed E-state index contributed by atoms with van der Waals surface area (Å²) in [6, 6.07) is 10.3. The van der Waals surface area contributed by atoms with Gasteiger partial charge in [0.1, 0.15) is 0 Å². The monoisotopic (exact) mass is 352 g/mol. The third-order valence-electron chi connectivity index (χ3n) is 5.16. The van der Waals surface area contributed by atoms with Crippen molar-refractivity contribution in [2.24, 2.45) is 13.0 Å². The summed E-state index contributed by atoms with van der Waals surface area (Å²) in [7, 11) is 4.25. The molecule has 1 saturated heterocycles. The lowest BCUT2D eigenvalue weighted by molar-refractivity contribution is 0.122. The van der Waals surface area contributed by atoms with Crippen LogP contribution in [-0.4, -0.2) is 54.8 Å². The van der Waals surface area contributed by atoms with E-state index in [4.69, 9.17) is 0 Å². The van der Waals surface area contributed by atoms with Gasteiger partial charge in [0.15, 0.2) is 0 Å². The van der Waals surface area contributed by atoms with Crippen LogP contribution in [0.2, 0.25) is 0 Å². The van der Waals surface area contributed by atoms with E-state index in [2.05, 4.69) is 49.4 Å². The normalized spacial score (nSPS) is 21.0. The standard InChI is InChI=1S/C18H24N8/c1-24-10-6-7-14(17(24)16-12-19-13-25(16)2)11-20-18-21-22-23-26(18)15-8-4-3-5-9-15/h3-5,8-9,12-14,17H,6-7,10-11H2,1-2H3,(H,20,21,23)/t14-,17+/m0/s1. The molecule has 4 rings (SSSR count). The van der Waals surface area contributed by atoms with Crippen LogP contribution in [0, 0.1) is 5.92 Å². The lowest BCUT2D eigenvalue weighted by Crippen LogP contribution is -2.40. The summed E-state index contributed by atoms with van der Waals surface area (Å²) < 4.78 is 3.86. The number of anilines is 1. The number of hydrogen-bond acceptors (Lipinski definition) is 6. The largest absolute Gasteiger partial charge is 0.352 e. The van der Waals surface area contributed by atoms with Gasteiger partial charge < -0.3 is 9.88 Å². The van der Waals surface area contributed by atoms with E-state index >= 15 is 0 Å². The van der Waals surface area contributed by atoms with E-state index in [1.165, 1.54) is 18.5 Å². The van der Waals surface area contributed by atoms with Crippen molar-refractivity contribution in [2.45, 2.75) is 18.9 Å². The Balaban J connectivity index is 1.52. The molecule has 0 amide bonds. The van der Waals surface area contributed by atoms with Crippen LogP contribution < -0.4 is 5.32 Å². The Hall–Kier alpha value is -2.74. The highest BCUT2D eigenvalue weighted by Crippen LogP contribution is 2.34. The van der Waals surface area contributed by atoms with Gasteiger partial charge in [0, 0.05) is 19.8 Å². The molecule has 26 heavy (non-hydrogen) atoms. The molecule has 1 aliphatic rings. The topological polar surface area (TPSA) is 76.7 Å². The molecule has 0 spiro atoms. The van der Waals surface area contributed by atoms with Crippen molar-refractivity contribution < 1.29 is 0 Å². The van der Waals surface area contributed by atoms with Crippen LogP contribution >= 0.6 is 0 Å². The van der Waals surface area contributed by atoms with Crippen molar-refractivity contribution in [3.63, 3.8) is 0 Å². The fraction of sp³-hybridized carbons (Fsp3) is 0.444. The summed E-state index contributed by atoms with van der Waals surface area (Å²) in [6.07, 6.45) is 6.21. The predicted octanol–water partition coefficient (Wildman–Crippen LogP) is 1.89. The Morgan fingerprint density at radius 3 is 2.81 bits per heavy atom. The first-order valence-electron chi connectivity index (χ1n) is 8.98. The maximum atomic E-state index is 4.31. The number of tetrazole rings is 1. The highest BCUT2D eigenvalue weighted by atomic mass is 15.6. The van der Waals surface area contributed by atoms with Crippen LogP contribution in [0.3, 0.4) is 0 Å². The van der Waals surface area contributed by atoms with E-state index < -0.39 is 0 Å². The predicted molar refractivity (Wildman–Crippen MR) is 98.9 cm³/mol. The minimum Gasteiger partial charge on any atom is -0.352 e. The molecule has 8 nitrogen and oxygen atoms in total. The first-order valence-corrected chi connectivity index (χ1v) is 8.98. The molecule has 3 aromatic rings. The molecule has 2 aromatic heterocycles. The van der Waals surface area contributed by atoms with Gasteiger partial charge >= 0.3 is 0 Å². The van der Waals surface area contributed by atoms with Crippen LogP contribution in [0.4, 0.5) is 5.95 Å². The molecule has 1 fully saturated rings. The van der Waals surface area contributed by atoms with E-state index in [0.29, 0.717) is 17.9 Å². The van der Waals surface area contributed by atoms with Crippen molar-refractivity contribution in [1.29, 1.82) is 0 Å². The van der Waals surface area contributed by atoms with Crippen molar-refractivity contribution in [3.8, 4) is 5.69 Å². The third kappa shape index (κ3) is 3.20. The summed E-state index contributed by atoms with van der Waals surface area (Å²) in [6.45, 7) is 1.92. The third-order valence-corrected chi connectivity index (χ3v) is 5.16. The number of rotatable bonds is 5. The van der Waals surface area contributed by atoms with Crippen molar-refractivity contribution in [3.05, 3.63) is 48.5 Å². The number of nitrogens with one attached hydrogen (secondary N) is 1. The van der Waals surface area contributed by atoms with Gasteiger partial charge in [-0.3, -0.25) is 4.90 Å². The summed E-state index contributed by atoms with van der Waals surface area (Å²) in [5.74, 6) is 1.14. The van der Waals surface area contributed by atoms with Gasteiger partial charge in [0.2, 0.25) is 5.95 Å². The minimum atomic E-state index is 0.338. The van der Waals surface area contributed by atoms with Gasteiger partial charge in [-0.05, 0) is 54.9 Å². The molecule has 1 N–H and O–H groups in total. The second-order valence-corrected chi connectivity index (χ2v) is 6.89. The Kier molecular flexibility index (Phi) is 4.66. The first kappa shape index (κ1) is 16.7. The van der Waals surface area contributed by atoms with E-state index in [1.54, 1.807) is 4.68 Å². The molecule has 1 aromatic carbocycles. The van der Waals surface area contributed by atoms with Gasteiger partial charge in [-0.1, -0.05) is 23.3 Å². The van der Waals surface area contributed by atoms with Gasteiger partial charge in [-0.2, -0.15) is 4.68 Å². The van der Waals surface area contributed by atoms with Crippen molar-refractivity contribution >= 4 is 5.95 Å². The quantitative estimate of drug-likeness (QED) is 0.756. The number of likely N-dealkylation sites (tertiary alicyclic amines) is 1. The molecule has 0 unspecified atom stereocenters. The number of nitrogens with zero attached hydrogens (tertiary/aromatic N) is 7. The fourth-order valence-corrected chi connectivity index (χ4v) is 3.86. The second-order valence-electron chi connectivity index (χ2n) is 6.89. The zero-order valence-corrected chi connectivity index (χ0v) is 15.2. The van der Waals surface area contributed by atoms with Crippen LogP contribution in [0.25, 0.3) is 5.69 Å². The molecular formula is C18H24N8. The van der Waals surface area contributed by atoms with Crippen LogP contribution in [-0.2, 0) is 7.05 Å². The number of piperidine rings is 1. The highest BCUT2D eigenvalue weighted by Gasteiger charge is 2.32. The van der Waals surface area contributed by atoms with Gasteiger partial charge in [-0.25, -0.2) is 4.98 Å². The average Bonchev–Trinajstić information content (AvgIpc) is 3.30. The van der Waals surface area contributed by atoms with E-state index in [-0.39, 0.29) is 0 Å². The zero-order chi connectivity index (χ0) is 17.9. The molecule has 1 aliphatic heterocycles. The number of benzene rings is 1. The fourth-order valence-electron chi connectivity index (χ4n) is 3.86. The molecule has 0 radical (unpaired) electrons. The average molecular weight is 352 g/mol. The maximum absolute atomic E-state index is 4.31. The zero-order valence-electron chi connectivity index (χ0n) is 15.2. The SMILES string of the molecule is CN1CCC[C@@H](CNc2nnnn2-c2ccccc2)[C@@H]1c1cncn1C. The van der Waals surface area contributed by atoms with Gasteiger partial charge in [0.25, 0.3) is 0 Å². The first-order chi connectivity index (χ1) is 12.7. The van der Waals surface area contributed by atoms with Crippen molar-refractivity contribution in [1.82, 2.24) is 34.7 Å². The molecule has 136 valence electrons. The lowest BCUT2D eigenvalue weighted by Gasteiger charge is -2.39. The van der Waals surface area contributed by atoms with Gasteiger partial charge in [0.05, 0.1) is 23.8 Å². The maximum Gasteiger partial charge on any atom is 0.247 e. The Morgan fingerprint density at radius 2 is 2.04 bits per heavy atom. The Bertz CT molecular complexity index is 840. The number of para-hydroxylation sites is 1. The summed E-state index contributed by atoms with van der Waals surface area (Å²) in [5.41, 5.74) is 2.20. The number of imidazole rings is 1. The summed E-state index contributed by atoms with van der Waals surface area (Å²) in [5, 5.41) is 15.6. The molecule has 8 heteroatoms. The molecule has 0 saturated carbocycles. The molecule has 0 bridgehead atoms.